The molecule has 1 amide bonds. The minimum absolute atomic E-state index is 0.0427. The Morgan fingerprint density at radius 1 is 0.840 bits per heavy atom. The minimum Gasteiger partial charge on any atom is -0.481 e. The number of aliphatic carboxylic acids is 1. The monoisotopic (exact) mass is 694 g/mol. The van der Waals surface area contributed by atoms with Gasteiger partial charge >= 0.3 is 11.9 Å². The lowest BCUT2D eigenvalue weighted by Gasteiger charge is -2.73. The van der Waals surface area contributed by atoms with Crippen LogP contribution in [0.25, 0.3) is 0 Å². The Labute approximate surface area is 304 Å². The SMILES string of the molecule is C=C(C)[C@@H]1CC[C@]2(CC(=O)NC3CC[C@H](C)C3)CC[C@]3(C)[C@H](CC[C@@H]4[C@@]5(C)CC[C@H](OC(=O)CC(C)(C)CC(=O)O)C(C)(C)[C@@H]5CC[C@]43C)[C@@H]12. The number of nitrogens with one attached hydrogen (secondary N) is 1. The number of fused-ring (bicyclic) bond motifs is 7. The molecule has 6 nitrogen and oxygen atoms in total. The normalized spacial score (nSPS) is 45.0. The van der Waals surface area contributed by atoms with Crippen LogP contribution >= 0.6 is 0 Å². The summed E-state index contributed by atoms with van der Waals surface area (Å²) in [5.74, 6) is 2.62. The molecular formula is C44H71NO5. The predicted octanol–water partition coefficient (Wildman–Crippen LogP) is 10.1. The van der Waals surface area contributed by atoms with Gasteiger partial charge in [-0.3, -0.25) is 14.4 Å². The molecule has 0 aromatic rings. The molecule has 2 N–H and O–H groups in total. The lowest BCUT2D eigenvalue weighted by Crippen LogP contribution is -2.67. The second kappa shape index (κ2) is 12.9. The molecule has 6 aliphatic rings. The fourth-order valence-electron chi connectivity index (χ4n) is 14.8. The molecule has 6 rings (SSSR count). The van der Waals surface area contributed by atoms with Crippen molar-refractivity contribution in [3.8, 4) is 0 Å². The number of carbonyl (C=O) groups excluding carboxylic acids is 2. The smallest absolute Gasteiger partial charge is 0.306 e. The number of esters is 1. The van der Waals surface area contributed by atoms with E-state index in [2.05, 4.69) is 60.4 Å². The number of rotatable bonds is 9. The molecule has 0 heterocycles. The van der Waals surface area contributed by atoms with Crippen LogP contribution in [0.4, 0.5) is 0 Å². The Balaban J connectivity index is 1.22. The highest BCUT2D eigenvalue weighted by Crippen LogP contribution is 2.78. The van der Waals surface area contributed by atoms with E-state index >= 15 is 0 Å². The second-order valence-corrected chi connectivity index (χ2v) is 21.2. The van der Waals surface area contributed by atoms with Gasteiger partial charge in [0.2, 0.25) is 5.91 Å². The van der Waals surface area contributed by atoms with Gasteiger partial charge in [0.25, 0.3) is 0 Å². The summed E-state index contributed by atoms with van der Waals surface area (Å²) in [5, 5.41) is 12.8. The molecule has 6 aliphatic carbocycles. The van der Waals surface area contributed by atoms with Crippen LogP contribution in [-0.4, -0.2) is 35.1 Å². The number of amides is 1. The van der Waals surface area contributed by atoms with Gasteiger partial charge in [0.1, 0.15) is 6.10 Å². The van der Waals surface area contributed by atoms with Crippen molar-refractivity contribution in [1.82, 2.24) is 5.32 Å². The highest BCUT2D eigenvalue weighted by Gasteiger charge is 2.71. The van der Waals surface area contributed by atoms with Crippen LogP contribution in [0.2, 0.25) is 0 Å². The van der Waals surface area contributed by atoms with Crippen molar-refractivity contribution in [3.63, 3.8) is 0 Å². The van der Waals surface area contributed by atoms with Crippen LogP contribution in [0.15, 0.2) is 12.2 Å². The standard InChI is InChI=1S/C44H71NO5/c1-27(2)30-15-20-44(24-35(46)45-29-12-11-28(3)23-29)22-21-42(9)31(38(30)44)13-14-33-41(8)18-17-34(40(6,7)32(41)16-19-43(33,42)10)50-37(49)26-39(4,5)25-36(47)48/h28-34,38H,1,11-26H2,2-10H3,(H,45,46)(H,47,48)/t28-,29?,30-,31+,32-,33+,34-,38+,41-,42+,43+,44+/m0/s1. The first-order valence-corrected chi connectivity index (χ1v) is 20.5. The fraction of sp³-hybridized carbons (Fsp3) is 0.886. The van der Waals surface area contributed by atoms with Gasteiger partial charge in [0.15, 0.2) is 0 Å². The number of hydrogen-bond donors (Lipinski definition) is 2. The molecule has 282 valence electrons. The molecule has 0 saturated heterocycles. The summed E-state index contributed by atoms with van der Waals surface area (Å²) < 4.78 is 6.28. The van der Waals surface area contributed by atoms with Crippen LogP contribution in [-0.2, 0) is 19.1 Å². The van der Waals surface area contributed by atoms with Gasteiger partial charge < -0.3 is 15.2 Å². The Morgan fingerprint density at radius 2 is 1.56 bits per heavy atom. The van der Waals surface area contributed by atoms with Crippen LogP contribution in [0.1, 0.15) is 165 Å². The zero-order valence-electron chi connectivity index (χ0n) is 33.2. The third-order valence-electron chi connectivity index (χ3n) is 17.3. The van der Waals surface area contributed by atoms with E-state index in [0.717, 1.165) is 44.9 Å². The van der Waals surface area contributed by atoms with Gasteiger partial charge in [0, 0.05) is 17.9 Å². The van der Waals surface area contributed by atoms with Crippen LogP contribution in [0, 0.1) is 68.0 Å². The van der Waals surface area contributed by atoms with E-state index < -0.39 is 11.4 Å². The largest absolute Gasteiger partial charge is 0.481 e. The summed E-state index contributed by atoms with van der Waals surface area (Å²) in [4.78, 5) is 38.4. The summed E-state index contributed by atoms with van der Waals surface area (Å²) in [6.07, 6.45) is 15.6. The molecule has 0 aromatic heterocycles. The molecule has 50 heavy (non-hydrogen) atoms. The first-order valence-electron chi connectivity index (χ1n) is 20.5. The molecule has 6 fully saturated rings. The van der Waals surface area contributed by atoms with Crippen molar-refractivity contribution < 1.29 is 24.2 Å². The van der Waals surface area contributed by atoms with Crippen LogP contribution in [0.5, 0.6) is 0 Å². The first-order chi connectivity index (χ1) is 23.2. The van der Waals surface area contributed by atoms with Gasteiger partial charge in [-0.2, -0.15) is 0 Å². The average molecular weight is 694 g/mol. The Kier molecular flexibility index (Phi) is 9.79. The molecule has 12 atom stereocenters. The number of carboxylic acids is 1. The van der Waals surface area contributed by atoms with Gasteiger partial charge in [-0.05, 0) is 153 Å². The molecule has 6 heteroatoms. The Morgan fingerprint density at radius 3 is 2.20 bits per heavy atom. The fourth-order valence-corrected chi connectivity index (χ4v) is 14.8. The number of hydrogen-bond acceptors (Lipinski definition) is 4. The number of ether oxygens (including phenoxy) is 1. The summed E-state index contributed by atoms with van der Waals surface area (Å²) >= 11 is 0. The number of allylic oxidation sites excluding steroid dienone is 1. The van der Waals surface area contributed by atoms with Gasteiger partial charge in [0.05, 0.1) is 12.8 Å². The average Bonchev–Trinajstić information content (AvgIpc) is 3.57. The molecule has 0 bridgehead atoms. The molecular weight excluding hydrogens is 622 g/mol. The molecule has 0 spiro atoms. The van der Waals surface area contributed by atoms with E-state index in [1.807, 2.05) is 13.8 Å². The Bertz CT molecular complexity index is 1370. The quantitative estimate of drug-likeness (QED) is 0.185. The van der Waals surface area contributed by atoms with Crippen molar-refractivity contribution in [2.75, 3.05) is 0 Å². The lowest BCUT2D eigenvalue weighted by molar-refractivity contribution is -0.250. The first kappa shape index (κ1) is 37.9. The van der Waals surface area contributed by atoms with Gasteiger partial charge in [-0.25, -0.2) is 0 Å². The van der Waals surface area contributed by atoms with Crippen molar-refractivity contribution in [1.29, 1.82) is 0 Å². The molecule has 6 saturated carbocycles. The Hall–Kier alpha value is -1.85. The van der Waals surface area contributed by atoms with Crippen molar-refractivity contribution in [2.45, 2.75) is 177 Å². The highest BCUT2D eigenvalue weighted by molar-refractivity contribution is 5.77. The van der Waals surface area contributed by atoms with E-state index in [0.29, 0.717) is 53.9 Å². The van der Waals surface area contributed by atoms with Crippen LogP contribution in [0.3, 0.4) is 0 Å². The summed E-state index contributed by atoms with van der Waals surface area (Å²) in [5.41, 5.74) is 1.25. The van der Waals surface area contributed by atoms with E-state index in [9.17, 15) is 19.5 Å². The van der Waals surface area contributed by atoms with Gasteiger partial charge in [-0.15, -0.1) is 0 Å². The zero-order valence-corrected chi connectivity index (χ0v) is 33.2. The van der Waals surface area contributed by atoms with Crippen molar-refractivity contribution in [2.24, 2.45) is 68.0 Å². The maximum absolute atomic E-state index is 13.8. The molecule has 1 unspecified atom stereocenters. The van der Waals surface area contributed by atoms with Gasteiger partial charge in [-0.1, -0.05) is 67.5 Å². The third-order valence-corrected chi connectivity index (χ3v) is 17.3. The minimum atomic E-state index is -0.878. The zero-order chi connectivity index (χ0) is 36.7. The third kappa shape index (κ3) is 6.20. The molecule has 0 aromatic carbocycles. The predicted molar refractivity (Wildman–Crippen MR) is 199 cm³/mol. The van der Waals surface area contributed by atoms with Crippen molar-refractivity contribution >= 4 is 17.8 Å². The van der Waals surface area contributed by atoms with Crippen molar-refractivity contribution in [3.05, 3.63) is 12.2 Å². The second-order valence-electron chi connectivity index (χ2n) is 21.2. The molecule has 0 aliphatic heterocycles. The van der Waals surface area contributed by atoms with E-state index in [-0.39, 0.29) is 52.0 Å². The topological polar surface area (TPSA) is 92.7 Å². The van der Waals surface area contributed by atoms with E-state index in [1.165, 1.54) is 44.1 Å². The number of carbonyl (C=O) groups is 3. The van der Waals surface area contributed by atoms with E-state index in [4.69, 9.17) is 4.74 Å². The van der Waals surface area contributed by atoms with Crippen LogP contribution < -0.4 is 5.32 Å². The molecule has 0 radical (unpaired) electrons. The van der Waals surface area contributed by atoms with E-state index in [1.54, 1.807) is 0 Å². The lowest BCUT2D eigenvalue weighted by atomic mass is 9.32. The highest BCUT2D eigenvalue weighted by atomic mass is 16.5. The maximum Gasteiger partial charge on any atom is 0.306 e. The summed E-state index contributed by atoms with van der Waals surface area (Å²) in [6, 6.07) is 0.358. The number of carboxylic acid groups (broad SMARTS) is 1. The maximum atomic E-state index is 13.8. The summed E-state index contributed by atoms with van der Waals surface area (Å²) in [7, 11) is 0. The summed E-state index contributed by atoms with van der Waals surface area (Å²) in [6.45, 7) is 25.4.